The van der Waals surface area contributed by atoms with Crippen molar-refractivity contribution in [1.82, 2.24) is 15.2 Å². The first-order chi connectivity index (χ1) is 11.7. The van der Waals surface area contributed by atoms with E-state index in [0.717, 1.165) is 30.6 Å². The highest BCUT2D eigenvalue weighted by Gasteiger charge is 2.23. The van der Waals surface area contributed by atoms with Crippen LogP contribution < -0.4 is 11.1 Å². The molecule has 126 valence electrons. The van der Waals surface area contributed by atoms with E-state index in [1.54, 1.807) is 12.4 Å². The number of benzene rings is 1. The van der Waals surface area contributed by atoms with Gasteiger partial charge in [-0.2, -0.15) is 0 Å². The fraction of sp³-hybridized carbons (Fsp3) is 0.368. The quantitative estimate of drug-likeness (QED) is 0.886. The molecule has 1 unspecified atom stereocenters. The van der Waals surface area contributed by atoms with E-state index >= 15 is 0 Å². The highest BCUT2D eigenvalue weighted by molar-refractivity contribution is 5.95. The van der Waals surface area contributed by atoms with E-state index in [1.807, 2.05) is 30.3 Å². The van der Waals surface area contributed by atoms with Crippen LogP contribution in [0, 0.1) is 0 Å². The number of amides is 1. The maximum atomic E-state index is 12.5. The van der Waals surface area contributed by atoms with Crippen molar-refractivity contribution in [2.24, 2.45) is 0 Å². The number of carbonyl (C=O) groups is 1. The number of likely N-dealkylation sites (N-methyl/N-ethyl adjacent to an activating group) is 1. The van der Waals surface area contributed by atoms with Crippen LogP contribution in [0.4, 0.5) is 5.69 Å². The first-order valence-electron chi connectivity index (χ1n) is 8.51. The van der Waals surface area contributed by atoms with E-state index in [0.29, 0.717) is 23.8 Å². The summed E-state index contributed by atoms with van der Waals surface area (Å²) < 4.78 is 0. The van der Waals surface area contributed by atoms with Gasteiger partial charge in [0.15, 0.2) is 0 Å². The number of anilines is 1. The number of nitrogens with two attached hydrogens (primary N) is 1. The van der Waals surface area contributed by atoms with E-state index in [2.05, 4.69) is 22.1 Å². The van der Waals surface area contributed by atoms with Gasteiger partial charge in [-0.15, -0.1) is 0 Å². The number of nitrogens with one attached hydrogen (secondary N) is 1. The summed E-state index contributed by atoms with van der Waals surface area (Å²) in [5.41, 5.74) is 9.08. The molecule has 1 aromatic heterocycles. The molecule has 1 atom stereocenters. The van der Waals surface area contributed by atoms with Gasteiger partial charge in [0.25, 0.3) is 5.91 Å². The molecule has 3 rings (SSSR count). The Kier molecular flexibility index (Phi) is 5.11. The Labute approximate surface area is 142 Å². The second kappa shape index (κ2) is 7.45. The molecule has 0 bridgehead atoms. The van der Waals surface area contributed by atoms with Gasteiger partial charge in [0.1, 0.15) is 0 Å². The molecule has 1 fully saturated rings. The molecule has 2 aromatic rings. The number of hydrogen-bond donors (Lipinski definition) is 2. The van der Waals surface area contributed by atoms with Crippen molar-refractivity contribution >= 4 is 11.6 Å². The second-order valence-electron chi connectivity index (χ2n) is 6.18. The first kappa shape index (κ1) is 16.5. The molecule has 5 heteroatoms. The Hall–Kier alpha value is -2.40. The van der Waals surface area contributed by atoms with Crippen LogP contribution in [-0.4, -0.2) is 41.5 Å². The van der Waals surface area contributed by atoms with E-state index in [-0.39, 0.29) is 5.91 Å². The third kappa shape index (κ3) is 3.57. The monoisotopic (exact) mass is 324 g/mol. The minimum absolute atomic E-state index is 0.0348. The number of pyridine rings is 1. The highest BCUT2D eigenvalue weighted by Crippen LogP contribution is 2.25. The zero-order chi connectivity index (χ0) is 16.9. The van der Waals surface area contributed by atoms with E-state index in [9.17, 15) is 4.79 Å². The van der Waals surface area contributed by atoms with Crippen molar-refractivity contribution in [2.75, 3.05) is 25.4 Å². The Morgan fingerprint density at radius 1 is 1.42 bits per heavy atom. The first-order valence-corrected chi connectivity index (χ1v) is 8.51. The fourth-order valence-corrected chi connectivity index (χ4v) is 3.35. The predicted molar refractivity (Wildman–Crippen MR) is 96.7 cm³/mol. The Balaban J connectivity index is 1.70. The number of nitrogens with zero attached hydrogens (tertiary/aromatic N) is 2. The SMILES string of the molecule is CCN1CCCC1CNC(=O)c1cccc(-c2ccncc2N)c1. The van der Waals surface area contributed by atoms with Gasteiger partial charge in [0.05, 0.1) is 11.9 Å². The zero-order valence-electron chi connectivity index (χ0n) is 14.0. The Morgan fingerprint density at radius 2 is 2.29 bits per heavy atom. The summed E-state index contributed by atoms with van der Waals surface area (Å²) in [6.07, 6.45) is 5.70. The van der Waals surface area contributed by atoms with Crippen LogP contribution in [0.25, 0.3) is 11.1 Å². The predicted octanol–water partition coefficient (Wildman–Crippen LogP) is 2.54. The standard InChI is InChI=1S/C19H24N4O/c1-2-23-10-4-7-16(23)12-22-19(24)15-6-3-5-14(11-15)17-8-9-21-13-18(17)20/h3,5-6,8-9,11,13,16H,2,4,7,10,12,20H2,1H3,(H,22,24). The molecule has 0 aliphatic carbocycles. The normalized spacial score (nSPS) is 17.8. The molecular weight excluding hydrogens is 300 g/mol. The minimum Gasteiger partial charge on any atom is -0.397 e. The average molecular weight is 324 g/mol. The molecule has 1 aromatic carbocycles. The summed E-state index contributed by atoms with van der Waals surface area (Å²) in [7, 11) is 0. The summed E-state index contributed by atoms with van der Waals surface area (Å²) in [6, 6.07) is 9.88. The van der Waals surface area contributed by atoms with Crippen LogP contribution in [-0.2, 0) is 0 Å². The van der Waals surface area contributed by atoms with Crippen LogP contribution in [0.5, 0.6) is 0 Å². The molecule has 3 N–H and O–H groups in total. The lowest BCUT2D eigenvalue weighted by atomic mass is 10.0. The summed E-state index contributed by atoms with van der Waals surface area (Å²) >= 11 is 0. The summed E-state index contributed by atoms with van der Waals surface area (Å²) in [5, 5.41) is 3.07. The van der Waals surface area contributed by atoms with Crippen LogP contribution >= 0.6 is 0 Å². The van der Waals surface area contributed by atoms with Crippen molar-refractivity contribution in [3.8, 4) is 11.1 Å². The zero-order valence-corrected chi connectivity index (χ0v) is 14.0. The number of likely N-dealkylation sites (tertiary alicyclic amines) is 1. The molecule has 1 aliphatic heterocycles. The van der Waals surface area contributed by atoms with E-state index in [4.69, 9.17) is 5.73 Å². The van der Waals surface area contributed by atoms with E-state index in [1.165, 1.54) is 6.42 Å². The molecule has 0 saturated carbocycles. The third-order valence-corrected chi connectivity index (χ3v) is 4.69. The maximum Gasteiger partial charge on any atom is 0.251 e. The summed E-state index contributed by atoms with van der Waals surface area (Å²) in [5.74, 6) is -0.0348. The van der Waals surface area contributed by atoms with Crippen molar-refractivity contribution in [3.05, 3.63) is 48.3 Å². The highest BCUT2D eigenvalue weighted by atomic mass is 16.1. The fourth-order valence-electron chi connectivity index (χ4n) is 3.35. The lowest BCUT2D eigenvalue weighted by Gasteiger charge is -2.22. The second-order valence-corrected chi connectivity index (χ2v) is 6.18. The number of rotatable bonds is 5. The number of hydrogen-bond acceptors (Lipinski definition) is 4. The maximum absolute atomic E-state index is 12.5. The van der Waals surface area contributed by atoms with Gasteiger partial charge in [0, 0.05) is 29.9 Å². The number of carbonyl (C=O) groups excluding carboxylic acids is 1. The van der Waals surface area contributed by atoms with Gasteiger partial charge in [-0.3, -0.25) is 14.7 Å². The number of nitrogen functional groups attached to an aromatic ring is 1. The van der Waals surface area contributed by atoms with Gasteiger partial charge in [0.2, 0.25) is 0 Å². The van der Waals surface area contributed by atoms with Crippen LogP contribution in [0.1, 0.15) is 30.1 Å². The Morgan fingerprint density at radius 3 is 3.08 bits per heavy atom. The topological polar surface area (TPSA) is 71.2 Å². The molecule has 1 aliphatic rings. The molecule has 0 spiro atoms. The summed E-state index contributed by atoms with van der Waals surface area (Å²) in [4.78, 5) is 18.9. The van der Waals surface area contributed by atoms with Gasteiger partial charge in [-0.1, -0.05) is 19.1 Å². The van der Waals surface area contributed by atoms with Crippen LogP contribution in [0.2, 0.25) is 0 Å². The molecule has 24 heavy (non-hydrogen) atoms. The van der Waals surface area contributed by atoms with E-state index < -0.39 is 0 Å². The minimum atomic E-state index is -0.0348. The smallest absolute Gasteiger partial charge is 0.251 e. The third-order valence-electron chi connectivity index (χ3n) is 4.69. The molecule has 0 radical (unpaired) electrons. The molecular formula is C19H24N4O. The van der Waals surface area contributed by atoms with Gasteiger partial charge >= 0.3 is 0 Å². The van der Waals surface area contributed by atoms with Gasteiger partial charge < -0.3 is 11.1 Å². The van der Waals surface area contributed by atoms with Crippen molar-refractivity contribution in [3.63, 3.8) is 0 Å². The lowest BCUT2D eigenvalue weighted by Crippen LogP contribution is -2.40. The molecule has 1 amide bonds. The lowest BCUT2D eigenvalue weighted by molar-refractivity contribution is 0.0941. The van der Waals surface area contributed by atoms with Crippen molar-refractivity contribution in [2.45, 2.75) is 25.8 Å². The molecule has 2 heterocycles. The Bertz CT molecular complexity index is 716. The summed E-state index contributed by atoms with van der Waals surface area (Å²) in [6.45, 7) is 5.04. The average Bonchev–Trinajstić information content (AvgIpc) is 3.07. The molecule has 1 saturated heterocycles. The largest absolute Gasteiger partial charge is 0.397 e. The van der Waals surface area contributed by atoms with Gasteiger partial charge in [-0.25, -0.2) is 0 Å². The molecule has 5 nitrogen and oxygen atoms in total. The van der Waals surface area contributed by atoms with Crippen molar-refractivity contribution in [1.29, 1.82) is 0 Å². The van der Waals surface area contributed by atoms with Gasteiger partial charge in [-0.05, 0) is 49.7 Å². The number of aromatic nitrogens is 1. The van der Waals surface area contributed by atoms with Crippen molar-refractivity contribution < 1.29 is 4.79 Å². The van der Waals surface area contributed by atoms with Crippen LogP contribution in [0.3, 0.4) is 0 Å². The van der Waals surface area contributed by atoms with Crippen LogP contribution in [0.15, 0.2) is 42.7 Å².